The second-order valence-corrected chi connectivity index (χ2v) is 9.30. The highest BCUT2D eigenvalue weighted by molar-refractivity contribution is 7.16. The van der Waals surface area contributed by atoms with Crippen molar-refractivity contribution in [3.05, 3.63) is 33.8 Å². The van der Waals surface area contributed by atoms with Crippen LogP contribution in [0.4, 0.5) is 22.0 Å². The summed E-state index contributed by atoms with van der Waals surface area (Å²) in [5.74, 6) is -5.59. The molecule has 36 heavy (non-hydrogen) atoms. The molecule has 0 aliphatic heterocycles. The van der Waals surface area contributed by atoms with E-state index in [2.05, 4.69) is 16.3 Å². The fourth-order valence-corrected chi connectivity index (χ4v) is 4.92. The number of carbonyl (C=O) groups is 1. The van der Waals surface area contributed by atoms with Gasteiger partial charge in [-0.25, -0.2) is 0 Å². The quantitative estimate of drug-likeness (QED) is 0.412. The molecular weight excluding hydrogens is 507 g/mol. The third-order valence-corrected chi connectivity index (χ3v) is 7.06. The van der Waals surface area contributed by atoms with Crippen molar-refractivity contribution in [2.45, 2.75) is 44.3 Å². The van der Waals surface area contributed by atoms with Gasteiger partial charge < -0.3 is 9.42 Å². The minimum Gasteiger partial charge on any atom is -0.355 e. The molecule has 1 aliphatic carbocycles. The molecular formula is C22H17F5N6O2S. The van der Waals surface area contributed by atoms with E-state index in [9.17, 15) is 37.3 Å². The fraction of sp³-hybridized carbons (Fsp3) is 0.409. The summed E-state index contributed by atoms with van der Waals surface area (Å²) < 4.78 is 72.7. The lowest BCUT2D eigenvalue weighted by Gasteiger charge is -2.25. The van der Waals surface area contributed by atoms with Gasteiger partial charge in [-0.15, -0.1) is 11.3 Å². The van der Waals surface area contributed by atoms with E-state index < -0.39 is 34.8 Å². The number of thiophene rings is 1. The molecule has 1 fully saturated rings. The van der Waals surface area contributed by atoms with E-state index in [1.165, 1.54) is 24.1 Å². The smallest absolute Gasteiger partial charge is 0.355 e. The Kier molecular flexibility index (Phi) is 5.92. The van der Waals surface area contributed by atoms with E-state index >= 15 is 0 Å². The highest BCUT2D eigenvalue weighted by Crippen LogP contribution is 2.46. The zero-order valence-electron chi connectivity index (χ0n) is 19.1. The van der Waals surface area contributed by atoms with Crippen molar-refractivity contribution >= 4 is 17.2 Å². The maximum absolute atomic E-state index is 13.9. The highest BCUT2D eigenvalue weighted by atomic mass is 32.1. The number of nitriles is 2. The second-order valence-electron chi connectivity index (χ2n) is 8.25. The summed E-state index contributed by atoms with van der Waals surface area (Å²) in [7, 11) is 1.20. The van der Waals surface area contributed by atoms with Gasteiger partial charge in [0, 0.05) is 25.2 Å². The zero-order chi connectivity index (χ0) is 26.6. The first-order valence-electron chi connectivity index (χ1n) is 10.5. The lowest BCUT2D eigenvalue weighted by atomic mass is 10.1. The third kappa shape index (κ3) is 3.82. The van der Waals surface area contributed by atoms with Crippen molar-refractivity contribution < 1.29 is 31.3 Å². The maximum atomic E-state index is 13.9. The first kappa shape index (κ1) is 25.3. The summed E-state index contributed by atoms with van der Waals surface area (Å²) in [5.41, 5.74) is -2.86. The Morgan fingerprint density at radius 1 is 1.28 bits per heavy atom. The van der Waals surface area contributed by atoms with Crippen LogP contribution < -0.4 is 0 Å². The summed E-state index contributed by atoms with van der Waals surface area (Å²) in [6.07, 6.45) is -4.76. The normalized spacial score (nSPS) is 14.8. The van der Waals surface area contributed by atoms with Gasteiger partial charge in [0.1, 0.15) is 27.9 Å². The van der Waals surface area contributed by atoms with Crippen LogP contribution in [0, 0.1) is 29.6 Å². The molecule has 14 heteroatoms. The van der Waals surface area contributed by atoms with Crippen LogP contribution in [0.2, 0.25) is 0 Å². The molecule has 0 bridgehead atoms. The van der Waals surface area contributed by atoms with Crippen molar-refractivity contribution in [3.8, 4) is 34.2 Å². The van der Waals surface area contributed by atoms with Crippen LogP contribution in [0.25, 0.3) is 22.0 Å². The average Bonchev–Trinajstić information content (AvgIpc) is 3.13. The van der Waals surface area contributed by atoms with E-state index in [0.29, 0.717) is 17.7 Å². The SMILES string of the molecule is CCN(C(=O)c1cc(-c2cc(-c3c(C)c(C(F)(F)C(F)(F)F)nn3C)no2)sc1C#N)C1(C#N)CC1. The standard InChI is InChI=1S/C22H17F5N6O2S/c1-4-33(20(10-29)5-6-20)19(34)12-7-15(36-16(12)9-28)14-8-13(31-35-14)17-11(2)18(30-32(17)3)21(23,24)22(25,26)27/h7-8H,4-6H2,1-3H3. The Bertz CT molecular complexity index is 1430. The van der Waals surface area contributed by atoms with Crippen molar-refractivity contribution in [1.82, 2.24) is 19.8 Å². The Labute approximate surface area is 205 Å². The second kappa shape index (κ2) is 8.41. The van der Waals surface area contributed by atoms with Crippen LogP contribution >= 0.6 is 11.3 Å². The lowest BCUT2D eigenvalue weighted by Crippen LogP contribution is -2.41. The monoisotopic (exact) mass is 524 g/mol. The van der Waals surface area contributed by atoms with Crippen LogP contribution in [0.5, 0.6) is 0 Å². The number of alkyl halides is 5. The van der Waals surface area contributed by atoms with Crippen LogP contribution in [0.3, 0.4) is 0 Å². The van der Waals surface area contributed by atoms with Crippen molar-refractivity contribution in [1.29, 1.82) is 10.5 Å². The first-order valence-corrected chi connectivity index (χ1v) is 11.4. The van der Waals surface area contributed by atoms with E-state index in [0.717, 1.165) is 22.9 Å². The van der Waals surface area contributed by atoms with E-state index in [4.69, 9.17) is 4.52 Å². The first-order chi connectivity index (χ1) is 16.8. The Hall–Kier alpha value is -3.78. The summed E-state index contributed by atoms with van der Waals surface area (Å²) >= 11 is 0.921. The maximum Gasteiger partial charge on any atom is 0.459 e. The molecule has 4 rings (SSSR count). The predicted molar refractivity (Wildman–Crippen MR) is 116 cm³/mol. The van der Waals surface area contributed by atoms with Gasteiger partial charge in [0.15, 0.2) is 5.76 Å². The minimum atomic E-state index is -5.83. The topological polar surface area (TPSA) is 112 Å². The van der Waals surface area contributed by atoms with Gasteiger partial charge in [0.2, 0.25) is 0 Å². The van der Waals surface area contributed by atoms with Gasteiger partial charge >= 0.3 is 12.1 Å². The van der Waals surface area contributed by atoms with Gasteiger partial charge in [-0.2, -0.15) is 37.6 Å². The van der Waals surface area contributed by atoms with Crippen molar-refractivity contribution in [2.75, 3.05) is 6.54 Å². The molecule has 0 saturated heterocycles. The molecule has 0 N–H and O–H groups in total. The van der Waals surface area contributed by atoms with Gasteiger partial charge in [-0.3, -0.25) is 9.48 Å². The number of nitrogens with zero attached hydrogens (tertiary/aromatic N) is 6. The van der Waals surface area contributed by atoms with Gasteiger partial charge in [-0.05, 0) is 32.8 Å². The Balaban J connectivity index is 1.71. The zero-order valence-corrected chi connectivity index (χ0v) is 19.9. The molecule has 0 radical (unpaired) electrons. The number of hydrogen-bond donors (Lipinski definition) is 0. The van der Waals surface area contributed by atoms with Crippen molar-refractivity contribution in [3.63, 3.8) is 0 Å². The molecule has 1 aliphatic rings. The number of aryl methyl sites for hydroxylation is 1. The minimum absolute atomic E-state index is 0.0573. The van der Waals surface area contributed by atoms with Crippen LogP contribution in [-0.4, -0.2) is 44.0 Å². The molecule has 0 aromatic carbocycles. The number of amides is 1. The molecule has 3 heterocycles. The van der Waals surface area contributed by atoms with E-state index in [1.807, 2.05) is 6.07 Å². The number of carbonyl (C=O) groups excluding carboxylic acids is 1. The lowest BCUT2D eigenvalue weighted by molar-refractivity contribution is -0.291. The molecule has 0 spiro atoms. The highest BCUT2D eigenvalue weighted by Gasteiger charge is 2.61. The molecule has 0 unspecified atom stereocenters. The molecule has 3 aromatic rings. The van der Waals surface area contributed by atoms with Crippen molar-refractivity contribution in [2.24, 2.45) is 7.05 Å². The molecule has 3 aromatic heterocycles. The van der Waals surface area contributed by atoms with Gasteiger partial charge in [0.05, 0.1) is 22.2 Å². The Morgan fingerprint density at radius 2 is 1.94 bits per heavy atom. The number of halogens is 5. The van der Waals surface area contributed by atoms with Crippen LogP contribution in [0.15, 0.2) is 16.7 Å². The fourth-order valence-electron chi connectivity index (χ4n) is 4.02. The largest absolute Gasteiger partial charge is 0.459 e. The summed E-state index contributed by atoms with van der Waals surface area (Å²) in [4.78, 5) is 14.9. The van der Waals surface area contributed by atoms with Gasteiger partial charge in [-0.1, -0.05) is 5.16 Å². The van der Waals surface area contributed by atoms with E-state index in [1.54, 1.807) is 6.92 Å². The van der Waals surface area contributed by atoms with Crippen LogP contribution in [0.1, 0.15) is 46.3 Å². The predicted octanol–water partition coefficient (Wildman–Crippen LogP) is 5.16. The molecule has 1 saturated carbocycles. The summed E-state index contributed by atoms with van der Waals surface area (Å²) in [6.45, 7) is 3.06. The Morgan fingerprint density at radius 3 is 2.47 bits per heavy atom. The number of rotatable bonds is 6. The number of aromatic nitrogens is 3. The number of hydrogen-bond acceptors (Lipinski definition) is 7. The molecule has 1 amide bonds. The van der Waals surface area contributed by atoms with E-state index in [-0.39, 0.29) is 34.1 Å². The summed E-state index contributed by atoms with van der Waals surface area (Å²) in [6, 6.07) is 6.81. The molecule has 0 atom stereocenters. The molecule has 188 valence electrons. The van der Waals surface area contributed by atoms with Crippen LogP contribution in [-0.2, 0) is 13.0 Å². The third-order valence-electron chi connectivity index (χ3n) is 6.01. The van der Waals surface area contributed by atoms with Gasteiger partial charge in [0.25, 0.3) is 5.91 Å². The summed E-state index contributed by atoms with van der Waals surface area (Å²) in [5, 5.41) is 26.2. The average molecular weight is 524 g/mol. The molecule has 8 nitrogen and oxygen atoms in total.